The van der Waals surface area contributed by atoms with Crippen molar-refractivity contribution in [2.75, 3.05) is 0 Å². The van der Waals surface area contributed by atoms with Gasteiger partial charge in [0.25, 0.3) is 0 Å². The molecule has 0 aromatic carbocycles. The van der Waals surface area contributed by atoms with Gasteiger partial charge in [0.15, 0.2) is 0 Å². The van der Waals surface area contributed by atoms with Crippen molar-refractivity contribution in [1.82, 2.24) is 13.7 Å². The van der Waals surface area contributed by atoms with Gasteiger partial charge in [0.1, 0.15) is 37.2 Å². The first-order chi connectivity index (χ1) is 16.2. The number of aryl methyl sites for hydroxylation is 6. The van der Waals surface area contributed by atoms with E-state index in [1.807, 2.05) is 21.1 Å². The van der Waals surface area contributed by atoms with Crippen molar-refractivity contribution in [2.45, 2.75) is 78.9 Å². The van der Waals surface area contributed by atoms with Crippen LogP contribution in [0.1, 0.15) is 59.3 Å². The molecule has 223 valence electrons. The quantitative estimate of drug-likeness (QED) is 0.165. The summed E-state index contributed by atoms with van der Waals surface area (Å²) in [4.78, 5) is 0. The van der Waals surface area contributed by atoms with Gasteiger partial charge in [-0.3, -0.25) is 0 Å². The van der Waals surface area contributed by atoms with Crippen LogP contribution in [0.4, 0.5) is 0 Å². The van der Waals surface area contributed by atoms with Crippen LogP contribution in [-0.2, 0) is 51.5 Å². The predicted octanol–water partition coefficient (Wildman–Crippen LogP) is -3.58. The van der Waals surface area contributed by atoms with Gasteiger partial charge in [0.05, 0.1) is 40.8 Å². The summed E-state index contributed by atoms with van der Waals surface area (Å²) in [7, 11) is 19.6. The molecule has 3 aromatic rings. The molecule has 0 radical (unpaired) electrons. The average Bonchev–Trinajstić information content (AvgIpc) is 3.51. The minimum absolute atomic E-state index is 0. The summed E-state index contributed by atoms with van der Waals surface area (Å²) in [6.07, 6.45) is 26.5. The topological polar surface area (TPSA) is 26.4 Å². The van der Waals surface area contributed by atoms with Gasteiger partial charge in [0.2, 0.25) is 19.0 Å². The third kappa shape index (κ3) is 27.2. The first kappa shape index (κ1) is 43.9. The van der Waals surface area contributed by atoms with E-state index in [-0.39, 0.29) is 37.2 Å². The van der Waals surface area contributed by atoms with Crippen LogP contribution in [0.5, 0.6) is 0 Å². The first-order valence-electron chi connectivity index (χ1n) is 11.9. The van der Waals surface area contributed by atoms with E-state index in [2.05, 4.69) is 104 Å². The number of halogens is 6. The second kappa shape index (κ2) is 28.9. The molecule has 0 fully saturated rings. The summed E-state index contributed by atoms with van der Waals surface area (Å²) in [5.74, 6) is 0. The summed E-state index contributed by atoms with van der Waals surface area (Å²) in [6.45, 7) is 10.1. The Kier molecular flexibility index (Phi) is 34.2. The van der Waals surface area contributed by atoms with Crippen molar-refractivity contribution in [3.63, 3.8) is 0 Å². The molecule has 0 atom stereocenters. The van der Waals surface area contributed by atoms with Gasteiger partial charge in [-0.25, -0.2) is 27.4 Å². The van der Waals surface area contributed by atoms with E-state index in [4.69, 9.17) is 30.6 Å². The fourth-order valence-electron chi connectivity index (χ4n) is 2.92. The van der Waals surface area contributed by atoms with E-state index in [1.54, 1.807) is 0 Å². The van der Waals surface area contributed by atoms with Crippen molar-refractivity contribution in [3.8, 4) is 0 Å². The van der Waals surface area contributed by atoms with Crippen molar-refractivity contribution < 1.29 is 61.7 Å². The molecule has 37 heavy (non-hydrogen) atoms. The van der Waals surface area contributed by atoms with Crippen LogP contribution < -0.4 is 50.9 Å². The van der Waals surface area contributed by atoms with E-state index in [0.717, 1.165) is 19.6 Å². The molecule has 0 aliphatic carbocycles. The first-order valence-corrected chi connectivity index (χ1v) is 15.9. The number of hydrogen-bond donors (Lipinski definition) is 0. The standard InChI is InChI=1S/3C8H15N2.6ClH.Ni/c3*1-3-4-5-10-7-6-9(2)8-10;;;;;;;/h3*6-8H,3-5H2,1-2H3;6*1H;/q3*+1;;;;;;;+3/p-6. The zero-order valence-electron chi connectivity index (χ0n) is 22.8. The molecule has 0 aliphatic rings. The van der Waals surface area contributed by atoms with Crippen molar-refractivity contribution in [3.05, 3.63) is 56.2 Å². The zero-order valence-corrected chi connectivity index (χ0v) is 28.4. The monoisotopic (exact) mass is 685 g/mol. The summed E-state index contributed by atoms with van der Waals surface area (Å²) in [5, 5.41) is 0. The predicted molar refractivity (Wildman–Crippen MR) is 139 cm³/mol. The number of imidazole rings is 3. The Bertz CT molecular complexity index is 748. The van der Waals surface area contributed by atoms with E-state index in [1.165, 1.54) is 38.5 Å². The summed E-state index contributed by atoms with van der Waals surface area (Å²) < 4.78 is 12.8. The van der Waals surface area contributed by atoms with Gasteiger partial charge in [-0.2, -0.15) is 0 Å². The molecule has 3 aromatic heterocycles. The number of unbranched alkanes of at least 4 members (excludes halogenated alkanes) is 3. The summed E-state index contributed by atoms with van der Waals surface area (Å²) >= 11 is 0. The average molecular weight is 689 g/mol. The van der Waals surface area contributed by atoms with E-state index >= 15 is 0 Å². The Balaban J connectivity index is -0.000000198. The maximum absolute atomic E-state index is 4.85. The van der Waals surface area contributed by atoms with Gasteiger partial charge < -0.3 is 37.2 Å². The summed E-state index contributed by atoms with van der Waals surface area (Å²) in [6, 6.07) is 0. The van der Waals surface area contributed by atoms with Gasteiger partial charge in [-0.1, -0.05) is 40.0 Å². The molecule has 3 rings (SSSR count). The molecule has 0 unspecified atom stereocenters. The molecular formula is C24H45Cl6N6Ni. The fraction of sp³-hybridized carbons (Fsp3) is 0.625. The van der Waals surface area contributed by atoms with Crippen LogP contribution in [-0.4, -0.2) is 13.7 Å². The van der Waals surface area contributed by atoms with Crippen LogP contribution >= 0.6 is 30.6 Å². The SMILES string of the molecule is CCCCn1cc[n+](C)c1.CCCCn1cc[n+](C)c1.CCCCn1cc[n+](C)c1.[Cl-].[Cl-].[Cl-].[Cl][Ni]([Cl])[Cl]. The molecular weight excluding hydrogens is 644 g/mol. The molecule has 13 heteroatoms. The van der Waals surface area contributed by atoms with Crippen molar-refractivity contribution in [2.24, 2.45) is 21.1 Å². The van der Waals surface area contributed by atoms with E-state index in [9.17, 15) is 0 Å². The Morgan fingerprint density at radius 1 is 0.541 bits per heavy atom. The van der Waals surface area contributed by atoms with Crippen LogP contribution in [0.25, 0.3) is 0 Å². The Morgan fingerprint density at radius 2 is 0.757 bits per heavy atom. The second-order valence-electron chi connectivity index (χ2n) is 8.15. The van der Waals surface area contributed by atoms with Gasteiger partial charge in [-0.05, 0) is 19.3 Å². The molecule has 0 saturated heterocycles. The maximum atomic E-state index is 4.85. The van der Waals surface area contributed by atoms with Gasteiger partial charge in [0, 0.05) is 0 Å². The summed E-state index contributed by atoms with van der Waals surface area (Å²) in [5.41, 5.74) is 0. The van der Waals surface area contributed by atoms with E-state index < -0.39 is 10.7 Å². The van der Waals surface area contributed by atoms with E-state index in [0.29, 0.717) is 0 Å². The van der Waals surface area contributed by atoms with Crippen molar-refractivity contribution >= 4 is 30.6 Å². The van der Waals surface area contributed by atoms with Crippen LogP contribution in [0.15, 0.2) is 56.2 Å². The molecule has 3 heterocycles. The number of nitrogens with zero attached hydrogens (tertiary/aromatic N) is 6. The third-order valence-corrected chi connectivity index (χ3v) is 4.78. The van der Waals surface area contributed by atoms with Crippen LogP contribution in [0.3, 0.4) is 0 Å². The molecule has 0 amide bonds. The Labute approximate surface area is 260 Å². The number of hydrogen-bond acceptors (Lipinski definition) is 0. The molecule has 0 spiro atoms. The fourth-order valence-corrected chi connectivity index (χ4v) is 2.92. The van der Waals surface area contributed by atoms with Crippen LogP contribution in [0.2, 0.25) is 0 Å². The molecule has 0 bridgehead atoms. The van der Waals surface area contributed by atoms with Gasteiger partial charge >= 0.3 is 41.3 Å². The Morgan fingerprint density at radius 3 is 0.892 bits per heavy atom. The van der Waals surface area contributed by atoms with Gasteiger partial charge in [-0.15, -0.1) is 0 Å². The third-order valence-electron chi connectivity index (χ3n) is 4.78. The molecule has 0 N–H and O–H groups in total. The second-order valence-corrected chi connectivity index (χ2v) is 13.0. The number of aromatic nitrogens is 6. The molecule has 6 nitrogen and oxygen atoms in total. The zero-order chi connectivity index (χ0) is 25.8. The van der Waals surface area contributed by atoms with Crippen molar-refractivity contribution in [1.29, 1.82) is 0 Å². The number of rotatable bonds is 9. The Hall–Kier alpha value is -0.136. The van der Waals surface area contributed by atoms with Crippen LogP contribution in [0, 0.1) is 0 Å². The normalized spacial score (nSPS) is 9.49. The molecule has 0 saturated carbocycles. The molecule has 0 aliphatic heterocycles. The minimum atomic E-state index is -1.04.